The third-order valence-corrected chi connectivity index (χ3v) is 3.96. The minimum absolute atomic E-state index is 0.0359. The van der Waals surface area contributed by atoms with E-state index in [0.29, 0.717) is 58.8 Å². The molecule has 1 heterocycles. The summed E-state index contributed by atoms with van der Waals surface area (Å²) in [6.45, 7) is 4.60. The average Bonchev–Trinajstić information content (AvgIpc) is 2.63. The van der Waals surface area contributed by atoms with Crippen molar-refractivity contribution >= 4 is 5.91 Å². The average molecular weight is 379 g/mol. The van der Waals surface area contributed by atoms with Gasteiger partial charge in [-0.05, 0) is 19.8 Å². The van der Waals surface area contributed by atoms with Gasteiger partial charge in [0, 0.05) is 32.6 Å². The molecule has 1 fully saturated rings. The van der Waals surface area contributed by atoms with Crippen molar-refractivity contribution in [1.29, 1.82) is 0 Å². The van der Waals surface area contributed by atoms with Crippen LogP contribution in [0.3, 0.4) is 0 Å². The summed E-state index contributed by atoms with van der Waals surface area (Å²) in [5.74, 6) is -0.0359. The molecule has 1 amide bonds. The zero-order chi connectivity index (χ0) is 19.2. The summed E-state index contributed by atoms with van der Waals surface area (Å²) in [6.07, 6.45) is -1.70. The van der Waals surface area contributed by atoms with Gasteiger partial charge < -0.3 is 39.6 Å². The van der Waals surface area contributed by atoms with Crippen molar-refractivity contribution in [2.75, 3.05) is 46.2 Å². The van der Waals surface area contributed by atoms with Crippen molar-refractivity contribution in [1.82, 2.24) is 5.32 Å². The SMILES string of the molecule is CCOCCOCCNC(=O)CCCCOC1CC(O)[C@@H](O)[C@@H](CO)O1. The van der Waals surface area contributed by atoms with Crippen molar-refractivity contribution in [3.63, 3.8) is 0 Å². The summed E-state index contributed by atoms with van der Waals surface area (Å²) in [7, 11) is 0. The Hall–Kier alpha value is -0.810. The molecule has 0 aliphatic carbocycles. The quantitative estimate of drug-likeness (QED) is 0.288. The number of rotatable bonds is 14. The number of aliphatic hydroxyl groups excluding tert-OH is 3. The molecule has 1 aliphatic rings. The molecule has 154 valence electrons. The van der Waals surface area contributed by atoms with Crippen LogP contribution in [-0.4, -0.2) is 92.0 Å². The Labute approximate surface area is 154 Å². The van der Waals surface area contributed by atoms with E-state index in [2.05, 4.69) is 5.32 Å². The lowest BCUT2D eigenvalue weighted by Crippen LogP contribution is -2.50. The largest absolute Gasteiger partial charge is 0.394 e. The predicted octanol–water partition coefficient (Wildman–Crippen LogP) is -0.828. The van der Waals surface area contributed by atoms with E-state index in [4.69, 9.17) is 24.1 Å². The van der Waals surface area contributed by atoms with Crippen LogP contribution in [0.15, 0.2) is 0 Å². The molecule has 1 saturated heterocycles. The van der Waals surface area contributed by atoms with Crippen molar-refractivity contribution in [2.45, 2.75) is 57.2 Å². The van der Waals surface area contributed by atoms with Crippen LogP contribution in [-0.2, 0) is 23.7 Å². The van der Waals surface area contributed by atoms with Gasteiger partial charge in [0.05, 0.1) is 32.5 Å². The highest BCUT2D eigenvalue weighted by Crippen LogP contribution is 2.21. The fourth-order valence-corrected chi connectivity index (χ4v) is 2.49. The number of amides is 1. The molecule has 26 heavy (non-hydrogen) atoms. The second-order valence-corrected chi connectivity index (χ2v) is 6.07. The fourth-order valence-electron chi connectivity index (χ4n) is 2.49. The lowest BCUT2D eigenvalue weighted by molar-refractivity contribution is -0.256. The lowest BCUT2D eigenvalue weighted by atomic mass is 10.0. The molecule has 0 aromatic rings. The molecule has 1 rings (SSSR count). The number of nitrogens with one attached hydrogen (secondary N) is 1. The van der Waals surface area contributed by atoms with Crippen LogP contribution in [0.4, 0.5) is 0 Å². The Bertz CT molecular complexity index is 371. The van der Waals surface area contributed by atoms with Gasteiger partial charge in [-0.25, -0.2) is 0 Å². The van der Waals surface area contributed by atoms with Gasteiger partial charge in [-0.15, -0.1) is 0 Å². The molecule has 1 aliphatic heterocycles. The van der Waals surface area contributed by atoms with Crippen molar-refractivity contribution in [2.24, 2.45) is 0 Å². The first-order chi connectivity index (χ1) is 12.6. The molecular formula is C17H33NO8. The second kappa shape index (κ2) is 14.3. The van der Waals surface area contributed by atoms with Crippen LogP contribution in [0.25, 0.3) is 0 Å². The molecule has 2 unspecified atom stereocenters. The van der Waals surface area contributed by atoms with Gasteiger partial charge in [0.1, 0.15) is 12.2 Å². The van der Waals surface area contributed by atoms with Crippen molar-refractivity contribution < 1.29 is 39.1 Å². The highest BCUT2D eigenvalue weighted by molar-refractivity contribution is 5.75. The maximum Gasteiger partial charge on any atom is 0.220 e. The summed E-state index contributed by atoms with van der Waals surface area (Å²) in [6, 6.07) is 0. The molecule has 9 nitrogen and oxygen atoms in total. The molecule has 0 saturated carbocycles. The minimum Gasteiger partial charge on any atom is -0.394 e. The molecule has 0 bridgehead atoms. The smallest absolute Gasteiger partial charge is 0.220 e. The number of ether oxygens (including phenoxy) is 4. The summed E-state index contributed by atoms with van der Waals surface area (Å²) in [5.41, 5.74) is 0. The van der Waals surface area contributed by atoms with E-state index in [0.717, 1.165) is 0 Å². The van der Waals surface area contributed by atoms with E-state index in [1.165, 1.54) is 0 Å². The van der Waals surface area contributed by atoms with Gasteiger partial charge in [-0.3, -0.25) is 4.79 Å². The zero-order valence-corrected chi connectivity index (χ0v) is 15.5. The highest BCUT2D eigenvalue weighted by Gasteiger charge is 2.36. The van der Waals surface area contributed by atoms with Crippen LogP contribution in [0.5, 0.6) is 0 Å². The van der Waals surface area contributed by atoms with Gasteiger partial charge in [0.15, 0.2) is 6.29 Å². The maximum absolute atomic E-state index is 11.7. The first-order valence-electron chi connectivity index (χ1n) is 9.24. The molecule has 4 N–H and O–H groups in total. The number of hydrogen-bond donors (Lipinski definition) is 4. The van der Waals surface area contributed by atoms with Gasteiger partial charge in [0.2, 0.25) is 5.91 Å². The summed E-state index contributed by atoms with van der Waals surface area (Å²) < 4.78 is 21.3. The number of carbonyl (C=O) groups excluding carboxylic acids is 1. The third kappa shape index (κ3) is 9.77. The van der Waals surface area contributed by atoms with E-state index in [1.807, 2.05) is 6.92 Å². The van der Waals surface area contributed by atoms with E-state index in [1.54, 1.807) is 0 Å². The molecule has 4 atom stereocenters. The Morgan fingerprint density at radius 2 is 1.92 bits per heavy atom. The number of carbonyl (C=O) groups is 1. The first-order valence-corrected chi connectivity index (χ1v) is 9.24. The van der Waals surface area contributed by atoms with Gasteiger partial charge in [0.25, 0.3) is 0 Å². The van der Waals surface area contributed by atoms with Crippen LogP contribution in [0, 0.1) is 0 Å². The fraction of sp³-hybridized carbons (Fsp3) is 0.941. The minimum atomic E-state index is -1.10. The molecule has 0 aromatic carbocycles. The molecule has 0 spiro atoms. The predicted molar refractivity (Wildman–Crippen MR) is 92.5 cm³/mol. The van der Waals surface area contributed by atoms with Crippen molar-refractivity contribution in [3.8, 4) is 0 Å². The van der Waals surface area contributed by atoms with Crippen LogP contribution in [0.1, 0.15) is 32.6 Å². The number of unbranched alkanes of at least 4 members (excludes halogenated alkanes) is 1. The van der Waals surface area contributed by atoms with Crippen LogP contribution >= 0.6 is 0 Å². The Balaban J connectivity index is 1.97. The number of aliphatic hydroxyl groups is 3. The van der Waals surface area contributed by atoms with Gasteiger partial charge >= 0.3 is 0 Å². The van der Waals surface area contributed by atoms with Crippen LogP contribution < -0.4 is 5.32 Å². The summed E-state index contributed by atoms with van der Waals surface area (Å²) in [4.78, 5) is 11.7. The van der Waals surface area contributed by atoms with Gasteiger partial charge in [-0.2, -0.15) is 0 Å². The number of hydrogen-bond acceptors (Lipinski definition) is 8. The van der Waals surface area contributed by atoms with E-state index >= 15 is 0 Å². The van der Waals surface area contributed by atoms with Gasteiger partial charge in [-0.1, -0.05) is 0 Å². The van der Waals surface area contributed by atoms with Crippen molar-refractivity contribution in [3.05, 3.63) is 0 Å². The second-order valence-electron chi connectivity index (χ2n) is 6.07. The highest BCUT2D eigenvalue weighted by atomic mass is 16.7. The first kappa shape index (κ1) is 23.2. The topological polar surface area (TPSA) is 127 Å². The Morgan fingerprint density at radius 1 is 1.15 bits per heavy atom. The summed E-state index contributed by atoms with van der Waals surface area (Å²) >= 11 is 0. The normalized spacial score (nSPS) is 26.0. The molecule has 0 aromatic heterocycles. The Kier molecular flexibility index (Phi) is 12.8. The van der Waals surface area contributed by atoms with E-state index < -0.39 is 24.6 Å². The van der Waals surface area contributed by atoms with E-state index in [9.17, 15) is 15.0 Å². The molecule has 0 radical (unpaired) electrons. The maximum atomic E-state index is 11.7. The van der Waals surface area contributed by atoms with E-state index in [-0.39, 0.29) is 18.9 Å². The standard InChI is InChI=1S/C17H33NO8/c1-2-23-9-10-24-8-6-18-15(21)5-3-4-7-25-16-11-13(20)17(22)14(12-19)26-16/h13-14,16-17,19-20,22H,2-12H2,1H3,(H,18,21)/t13?,14-,16?,17-/m1/s1. The summed E-state index contributed by atoms with van der Waals surface area (Å²) in [5, 5.41) is 31.2. The third-order valence-electron chi connectivity index (χ3n) is 3.96. The molecular weight excluding hydrogens is 346 g/mol. The monoisotopic (exact) mass is 379 g/mol. The zero-order valence-electron chi connectivity index (χ0n) is 15.5. The Morgan fingerprint density at radius 3 is 2.65 bits per heavy atom. The van der Waals surface area contributed by atoms with Crippen LogP contribution in [0.2, 0.25) is 0 Å². The molecule has 9 heteroatoms. The lowest BCUT2D eigenvalue weighted by Gasteiger charge is -2.36.